The number of rotatable bonds is 6. The summed E-state index contributed by atoms with van der Waals surface area (Å²) in [6.45, 7) is 3.17. The van der Waals surface area contributed by atoms with Gasteiger partial charge in [-0.1, -0.05) is 24.6 Å². The highest BCUT2D eigenvalue weighted by atomic mass is 127. The highest BCUT2D eigenvalue weighted by molar-refractivity contribution is 14.1. The fourth-order valence-corrected chi connectivity index (χ4v) is 3.04. The molecule has 1 N–H and O–H groups in total. The van der Waals surface area contributed by atoms with Gasteiger partial charge in [0.1, 0.15) is 0 Å². The Kier molecular flexibility index (Phi) is 6.26. The molecule has 1 atom stereocenters. The molecule has 0 saturated heterocycles. The lowest BCUT2D eigenvalue weighted by Crippen LogP contribution is -2.25. The van der Waals surface area contributed by atoms with Crippen LogP contribution >= 0.6 is 34.2 Å². The van der Waals surface area contributed by atoms with Crippen molar-refractivity contribution < 1.29 is 0 Å². The SMILES string of the molecule is CCCNC(Cc1cccnc1)c1cc(Cl)ccc1I. The van der Waals surface area contributed by atoms with E-state index in [0.29, 0.717) is 0 Å². The number of hydrogen-bond acceptors (Lipinski definition) is 2. The van der Waals surface area contributed by atoms with Crippen molar-refractivity contribution in [2.75, 3.05) is 6.54 Å². The van der Waals surface area contributed by atoms with Crippen molar-refractivity contribution in [1.82, 2.24) is 10.3 Å². The van der Waals surface area contributed by atoms with Crippen LogP contribution in [0.2, 0.25) is 5.02 Å². The molecule has 0 bridgehead atoms. The van der Waals surface area contributed by atoms with Gasteiger partial charge < -0.3 is 5.32 Å². The minimum atomic E-state index is 0.268. The van der Waals surface area contributed by atoms with Gasteiger partial charge in [0, 0.05) is 27.0 Å². The second-order valence-electron chi connectivity index (χ2n) is 4.74. The van der Waals surface area contributed by atoms with Gasteiger partial charge in [0.15, 0.2) is 0 Å². The normalized spacial score (nSPS) is 12.3. The smallest absolute Gasteiger partial charge is 0.0410 e. The minimum absolute atomic E-state index is 0.268. The zero-order valence-electron chi connectivity index (χ0n) is 11.4. The Labute approximate surface area is 139 Å². The molecule has 0 fully saturated rings. The summed E-state index contributed by atoms with van der Waals surface area (Å²) in [6.07, 6.45) is 5.77. The highest BCUT2D eigenvalue weighted by Crippen LogP contribution is 2.26. The standard InChI is InChI=1S/C16H18ClIN2/c1-2-7-20-16(9-12-4-3-8-19-11-12)14-10-13(17)5-6-15(14)18/h3-6,8,10-11,16,20H,2,7,9H2,1H3. The van der Waals surface area contributed by atoms with Crippen LogP contribution in [0.15, 0.2) is 42.7 Å². The van der Waals surface area contributed by atoms with E-state index < -0.39 is 0 Å². The third-order valence-electron chi connectivity index (χ3n) is 3.14. The van der Waals surface area contributed by atoms with Gasteiger partial charge in [-0.05, 0) is 77.4 Å². The van der Waals surface area contributed by atoms with Crippen molar-refractivity contribution in [2.45, 2.75) is 25.8 Å². The van der Waals surface area contributed by atoms with E-state index in [4.69, 9.17) is 11.6 Å². The van der Waals surface area contributed by atoms with Crippen molar-refractivity contribution in [2.24, 2.45) is 0 Å². The molecule has 0 spiro atoms. The van der Waals surface area contributed by atoms with Crippen molar-refractivity contribution in [1.29, 1.82) is 0 Å². The van der Waals surface area contributed by atoms with E-state index in [1.54, 1.807) is 6.20 Å². The van der Waals surface area contributed by atoms with E-state index in [-0.39, 0.29) is 6.04 Å². The molecule has 4 heteroatoms. The monoisotopic (exact) mass is 400 g/mol. The predicted molar refractivity (Wildman–Crippen MR) is 93.1 cm³/mol. The average Bonchev–Trinajstić information content (AvgIpc) is 2.47. The lowest BCUT2D eigenvalue weighted by molar-refractivity contribution is 0.527. The quantitative estimate of drug-likeness (QED) is 0.716. The van der Waals surface area contributed by atoms with Crippen LogP contribution in [-0.4, -0.2) is 11.5 Å². The molecule has 2 nitrogen and oxygen atoms in total. The van der Waals surface area contributed by atoms with Crippen molar-refractivity contribution in [3.8, 4) is 0 Å². The molecule has 0 aliphatic rings. The number of nitrogens with one attached hydrogen (secondary N) is 1. The Balaban J connectivity index is 2.24. The molecule has 0 radical (unpaired) electrons. The minimum Gasteiger partial charge on any atom is -0.310 e. The Morgan fingerprint density at radius 3 is 2.90 bits per heavy atom. The van der Waals surface area contributed by atoms with E-state index >= 15 is 0 Å². The van der Waals surface area contributed by atoms with E-state index in [1.165, 1.54) is 14.7 Å². The number of benzene rings is 1. The molecule has 20 heavy (non-hydrogen) atoms. The molecule has 1 aromatic heterocycles. The maximum atomic E-state index is 6.15. The van der Waals surface area contributed by atoms with E-state index in [2.05, 4.69) is 58.0 Å². The van der Waals surface area contributed by atoms with Crippen molar-refractivity contribution in [3.63, 3.8) is 0 Å². The summed E-state index contributed by atoms with van der Waals surface area (Å²) in [5.41, 5.74) is 2.49. The van der Waals surface area contributed by atoms with Gasteiger partial charge in [-0.25, -0.2) is 0 Å². The first kappa shape index (κ1) is 15.7. The maximum absolute atomic E-state index is 6.15. The van der Waals surface area contributed by atoms with Crippen LogP contribution in [0.25, 0.3) is 0 Å². The second kappa shape index (κ2) is 7.96. The van der Waals surface area contributed by atoms with Crippen LogP contribution in [0.1, 0.15) is 30.5 Å². The van der Waals surface area contributed by atoms with Crippen molar-refractivity contribution in [3.05, 3.63) is 62.4 Å². The van der Waals surface area contributed by atoms with Crippen LogP contribution < -0.4 is 5.32 Å². The molecule has 0 saturated carbocycles. The van der Waals surface area contributed by atoms with Gasteiger partial charge in [0.05, 0.1) is 0 Å². The first-order chi connectivity index (χ1) is 9.70. The van der Waals surface area contributed by atoms with Gasteiger partial charge >= 0.3 is 0 Å². The third kappa shape index (κ3) is 4.43. The molecule has 0 aliphatic carbocycles. The zero-order valence-corrected chi connectivity index (χ0v) is 14.4. The summed E-state index contributed by atoms with van der Waals surface area (Å²) in [7, 11) is 0. The van der Waals surface area contributed by atoms with Gasteiger partial charge in [-0.2, -0.15) is 0 Å². The molecular weight excluding hydrogens is 383 g/mol. The maximum Gasteiger partial charge on any atom is 0.0410 e. The summed E-state index contributed by atoms with van der Waals surface area (Å²) >= 11 is 8.53. The Bertz CT molecular complexity index is 545. The van der Waals surface area contributed by atoms with E-state index in [0.717, 1.165) is 24.4 Å². The second-order valence-corrected chi connectivity index (χ2v) is 6.34. The lowest BCUT2D eigenvalue weighted by Gasteiger charge is -2.20. The van der Waals surface area contributed by atoms with Gasteiger partial charge in [-0.15, -0.1) is 0 Å². The molecular formula is C16H18ClIN2. The fourth-order valence-electron chi connectivity index (χ4n) is 2.15. The predicted octanol–water partition coefficient (Wildman–Crippen LogP) is 4.62. The summed E-state index contributed by atoms with van der Waals surface area (Å²) < 4.78 is 1.24. The summed E-state index contributed by atoms with van der Waals surface area (Å²) in [5, 5.41) is 4.40. The van der Waals surface area contributed by atoms with Crippen LogP contribution in [0.5, 0.6) is 0 Å². The first-order valence-corrected chi connectivity index (χ1v) is 8.23. The van der Waals surface area contributed by atoms with Crippen molar-refractivity contribution >= 4 is 34.2 Å². The number of hydrogen-bond donors (Lipinski definition) is 1. The molecule has 1 unspecified atom stereocenters. The Morgan fingerprint density at radius 2 is 2.20 bits per heavy atom. The Morgan fingerprint density at radius 1 is 1.35 bits per heavy atom. The largest absolute Gasteiger partial charge is 0.310 e. The van der Waals surface area contributed by atoms with Crippen LogP contribution in [-0.2, 0) is 6.42 Å². The Hall–Kier alpha value is -0.650. The number of pyridine rings is 1. The lowest BCUT2D eigenvalue weighted by atomic mass is 9.99. The fraction of sp³-hybridized carbons (Fsp3) is 0.312. The van der Waals surface area contributed by atoms with Crippen LogP contribution in [0.4, 0.5) is 0 Å². The molecule has 0 amide bonds. The van der Waals surface area contributed by atoms with Crippen LogP contribution in [0, 0.1) is 3.57 Å². The summed E-state index contributed by atoms with van der Waals surface area (Å²) in [4.78, 5) is 4.20. The van der Waals surface area contributed by atoms with Gasteiger partial charge in [0.2, 0.25) is 0 Å². The first-order valence-electron chi connectivity index (χ1n) is 6.78. The summed E-state index contributed by atoms with van der Waals surface area (Å²) in [6, 6.07) is 10.4. The summed E-state index contributed by atoms with van der Waals surface area (Å²) in [5.74, 6) is 0. The molecule has 2 aromatic rings. The highest BCUT2D eigenvalue weighted by Gasteiger charge is 2.15. The zero-order chi connectivity index (χ0) is 14.4. The number of aromatic nitrogens is 1. The molecule has 2 rings (SSSR count). The molecule has 106 valence electrons. The number of halogens is 2. The van der Waals surface area contributed by atoms with Gasteiger partial charge in [-0.3, -0.25) is 4.98 Å². The van der Waals surface area contributed by atoms with E-state index in [1.807, 2.05) is 18.3 Å². The van der Waals surface area contributed by atoms with Gasteiger partial charge in [0.25, 0.3) is 0 Å². The van der Waals surface area contributed by atoms with E-state index in [9.17, 15) is 0 Å². The third-order valence-corrected chi connectivity index (χ3v) is 4.35. The molecule has 1 heterocycles. The number of nitrogens with zero attached hydrogens (tertiary/aromatic N) is 1. The molecule has 0 aliphatic heterocycles. The molecule has 1 aromatic carbocycles. The van der Waals surface area contributed by atoms with Crippen LogP contribution in [0.3, 0.4) is 0 Å². The topological polar surface area (TPSA) is 24.9 Å². The average molecular weight is 401 g/mol.